The normalized spacial score (nSPS) is 39.3. The van der Waals surface area contributed by atoms with Gasteiger partial charge >= 0.3 is 0 Å². The first-order valence-corrected chi connectivity index (χ1v) is 5.88. The van der Waals surface area contributed by atoms with Crippen molar-refractivity contribution in [1.29, 1.82) is 0 Å². The van der Waals surface area contributed by atoms with Gasteiger partial charge in [0.05, 0.1) is 0 Å². The van der Waals surface area contributed by atoms with Gasteiger partial charge < -0.3 is 0 Å². The highest BCUT2D eigenvalue weighted by Gasteiger charge is 2.59. The summed E-state index contributed by atoms with van der Waals surface area (Å²) in [7, 11) is 0. The molecule has 2 saturated carbocycles. The number of allylic oxidation sites excluding steroid dienone is 3. The van der Waals surface area contributed by atoms with Gasteiger partial charge in [-0.15, -0.1) is 0 Å². The summed E-state index contributed by atoms with van der Waals surface area (Å²) < 4.78 is 0. The summed E-state index contributed by atoms with van der Waals surface area (Å²) >= 11 is 0. The molecule has 1 aromatic rings. The number of hydrogen-bond acceptors (Lipinski definition) is 0. The molecule has 0 heteroatoms. The second-order valence-electron chi connectivity index (χ2n) is 5.05. The Morgan fingerprint density at radius 1 is 0.933 bits per heavy atom. The van der Waals surface area contributed by atoms with Crippen LogP contribution in [-0.4, -0.2) is 0 Å². The molecule has 3 aliphatic carbocycles. The Balaban J connectivity index is 1.66. The van der Waals surface area contributed by atoms with E-state index in [9.17, 15) is 0 Å². The highest BCUT2D eigenvalue weighted by atomic mass is 14.6. The zero-order valence-electron chi connectivity index (χ0n) is 8.64. The van der Waals surface area contributed by atoms with Crippen molar-refractivity contribution >= 4 is 6.08 Å². The number of rotatable bonds is 1. The van der Waals surface area contributed by atoms with Crippen LogP contribution in [0, 0.1) is 23.7 Å². The Morgan fingerprint density at radius 3 is 2.27 bits per heavy atom. The van der Waals surface area contributed by atoms with Gasteiger partial charge in [0.15, 0.2) is 0 Å². The standard InChI is InChI=1S/C15H14/c1-2-4-10(5-3-1)8-13-14-11-6-7-12(9-11)15(13)14/h1-8,11-12,14-15H,9H2/t11-,12-,14?,15?/m0/s1. The minimum Gasteiger partial charge on any atom is -0.0845 e. The van der Waals surface area contributed by atoms with E-state index in [0.717, 1.165) is 23.7 Å². The van der Waals surface area contributed by atoms with Gasteiger partial charge in [-0.2, -0.15) is 0 Å². The number of fused-ring (bicyclic) bond motifs is 5. The molecule has 0 heterocycles. The van der Waals surface area contributed by atoms with E-state index in [2.05, 4.69) is 48.6 Å². The van der Waals surface area contributed by atoms with Crippen LogP contribution in [0.15, 0.2) is 48.1 Å². The third-order valence-corrected chi connectivity index (χ3v) is 4.25. The first-order valence-electron chi connectivity index (χ1n) is 5.88. The lowest BCUT2D eigenvalue weighted by Crippen LogP contribution is -1.91. The van der Waals surface area contributed by atoms with Gasteiger partial charge in [0.2, 0.25) is 0 Å². The molecule has 3 aliphatic rings. The predicted molar refractivity (Wildman–Crippen MR) is 62.1 cm³/mol. The lowest BCUT2D eigenvalue weighted by atomic mass is 10.0. The Hall–Kier alpha value is -1.30. The topological polar surface area (TPSA) is 0 Å². The van der Waals surface area contributed by atoms with Gasteiger partial charge in [0, 0.05) is 0 Å². The molecule has 2 bridgehead atoms. The van der Waals surface area contributed by atoms with Crippen molar-refractivity contribution in [2.45, 2.75) is 6.42 Å². The van der Waals surface area contributed by atoms with Crippen LogP contribution < -0.4 is 0 Å². The van der Waals surface area contributed by atoms with Crippen molar-refractivity contribution in [3.05, 3.63) is 53.6 Å². The van der Waals surface area contributed by atoms with Gasteiger partial charge in [-0.1, -0.05) is 54.1 Å². The predicted octanol–water partition coefficient (Wildman–Crippen LogP) is 3.52. The van der Waals surface area contributed by atoms with Gasteiger partial charge in [-0.05, 0) is 35.7 Å². The molecule has 2 fully saturated rings. The fourth-order valence-corrected chi connectivity index (χ4v) is 3.58. The minimum atomic E-state index is 0.884. The summed E-state index contributed by atoms with van der Waals surface area (Å²) in [4.78, 5) is 0. The summed E-state index contributed by atoms with van der Waals surface area (Å²) in [6.45, 7) is 0. The third-order valence-electron chi connectivity index (χ3n) is 4.25. The average Bonchev–Trinajstić information content (AvgIpc) is 2.71. The van der Waals surface area contributed by atoms with Crippen molar-refractivity contribution in [1.82, 2.24) is 0 Å². The van der Waals surface area contributed by atoms with Crippen LogP contribution in [0.25, 0.3) is 6.08 Å². The Bertz CT molecular complexity index is 432. The van der Waals surface area contributed by atoms with Gasteiger partial charge in [-0.25, -0.2) is 0 Å². The van der Waals surface area contributed by atoms with Crippen LogP contribution in [0.2, 0.25) is 0 Å². The summed E-state index contributed by atoms with van der Waals surface area (Å²) in [6.07, 6.45) is 8.73. The molecule has 1 aromatic carbocycles. The van der Waals surface area contributed by atoms with Crippen molar-refractivity contribution in [2.24, 2.45) is 23.7 Å². The van der Waals surface area contributed by atoms with E-state index in [1.165, 1.54) is 12.0 Å². The van der Waals surface area contributed by atoms with E-state index in [-0.39, 0.29) is 0 Å². The molecule has 0 spiro atoms. The maximum Gasteiger partial charge on any atom is -0.00620 e. The fraction of sp³-hybridized carbons (Fsp3) is 0.333. The van der Waals surface area contributed by atoms with Crippen molar-refractivity contribution in [2.75, 3.05) is 0 Å². The zero-order valence-corrected chi connectivity index (χ0v) is 8.64. The smallest absolute Gasteiger partial charge is 0.00620 e. The lowest BCUT2D eigenvalue weighted by Gasteiger charge is -2.01. The summed E-state index contributed by atoms with van der Waals surface area (Å²) in [6, 6.07) is 10.7. The lowest BCUT2D eigenvalue weighted by molar-refractivity contribution is 0.617. The molecule has 4 atom stereocenters. The highest BCUT2D eigenvalue weighted by Crippen LogP contribution is 2.66. The van der Waals surface area contributed by atoms with Gasteiger partial charge in [-0.3, -0.25) is 0 Å². The second kappa shape index (κ2) is 2.63. The molecular weight excluding hydrogens is 180 g/mol. The molecule has 0 nitrogen and oxygen atoms in total. The van der Waals surface area contributed by atoms with Crippen LogP contribution in [-0.2, 0) is 0 Å². The monoisotopic (exact) mass is 194 g/mol. The molecule has 0 aromatic heterocycles. The summed E-state index contributed by atoms with van der Waals surface area (Å²) in [5.41, 5.74) is 3.09. The van der Waals surface area contributed by atoms with E-state index >= 15 is 0 Å². The van der Waals surface area contributed by atoms with E-state index in [0.29, 0.717) is 0 Å². The molecule has 4 rings (SSSR count). The van der Waals surface area contributed by atoms with Crippen LogP contribution >= 0.6 is 0 Å². The van der Waals surface area contributed by atoms with Gasteiger partial charge in [0.25, 0.3) is 0 Å². The largest absolute Gasteiger partial charge is 0.0845 e. The molecule has 0 aliphatic heterocycles. The Labute approximate surface area is 90.3 Å². The van der Waals surface area contributed by atoms with Crippen molar-refractivity contribution < 1.29 is 0 Å². The van der Waals surface area contributed by atoms with E-state index in [1.54, 1.807) is 5.57 Å². The van der Waals surface area contributed by atoms with Crippen LogP contribution in [0.1, 0.15) is 12.0 Å². The van der Waals surface area contributed by atoms with Crippen molar-refractivity contribution in [3.63, 3.8) is 0 Å². The molecule has 0 N–H and O–H groups in total. The van der Waals surface area contributed by atoms with Crippen LogP contribution in [0.4, 0.5) is 0 Å². The first kappa shape index (κ1) is 7.92. The fourth-order valence-electron chi connectivity index (χ4n) is 3.58. The minimum absolute atomic E-state index is 0.884. The van der Waals surface area contributed by atoms with Crippen LogP contribution in [0.5, 0.6) is 0 Å². The third kappa shape index (κ3) is 1.02. The molecule has 0 saturated heterocycles. The van der Waals surface area contributed by atoms with Crippen molar-refractivity contribution in [3.8, 4) is 0 Å². The molecule has 2 unspecified atom stereocenters. The maximum atomic E-state index is 2.44. The molecule has 0 amide bonds. The number of benzene rings is 1. The van der Waals surface area contributed by atoms with E-state index in [1.807, 2.05) is 0 Å². The summed E-state index contributed by atoms with van der Waals surface area (Å²) in [5, 5.41) is 0. The maximum absolute atomic E-state index is 2.44. The SMILES string of the molecule is C1=C[C@H]2C[C@H]1C1C(=Cc3ccccc3)C12. The Morgan fingerprint density at radius 2 is 1.60 bits per heavy atom. The Kier molecular flexibility index (Phi) is 1.39. The molecule has 0 radical (unpaired) electrons. The molecule has 74 valence electrons. The zero-order chi connectivity index (χ0) is 9.83. The highest BCUT2D eigenvalue weighted by molar-refractivity contribution is 5.62. The molecular formula is C15H14. The average molecular weight is 194 g/mol. The first-order chi connectivity index (χ1) is 7.43. The van der Waals surface area contributed by atoms with Crippen LogP contribution in [0.3, 0.4) is 0 Å². The number of hydrogen-bond donors (Lipinski definition) is 0. The second-order valence-corrected chi connectivity index (χ2v) is 5.05. The summed E-state index contributed by atoms with van der Waals surface area (Å²) in [5.74, 6) is 3.60. The van der Waals surface area contributed by atoms with E-state index < -0.39 is 0 Å². The van der Waals surface area contributed by atoms with Gasteiger partial charge in [0.1, 0.15) is 0 Å². The molecule has 15 heavy (non-hydrogen) atoms. The van der Waals surface area contributed by atoms with E-state index in [4.69, 9.17) is 0 Å². The quantitative estimate of drug-likeness (QED) is 0.600.